The van der Waals surface area contributed by atoms with Crippen molar-refractivity contribution in [2.45, 2.75) is 13.3 Å². The molecule has 3 radical (unpaired) electrons. The summed E-state index contributed by atoms with van der Waals surface area (Å²) in [7, 11) is 2.85. The Morgan fingerprint density at radius 1 is 1.25 bits per heavy atom. The fraction of sp³-hybridized carbons (Fsp3) is 1.00. The van der Waals surface area contributed by atoms with E-state index in [-0.39, 0.29) is 37.2 Å². The normalized spacial score (nSPS) is 5.25. The third kappa shape index (κ3) is 27.8. The summed E-state index contributed by atoms with van der Waals surface area (Å²) in [4.78, 5) is 0. The molecule has 0 aromatic heterocycles. The second-order valence-electron chi connectivity index (χ2n) is 0.848. The molecule has 0 rings (SSSR count). The summed E-state index contributed by atoms with van der Waals surface area (Å²) in [5, 5.41) is 0. The largest absolute Gasteiger partial charge is 0.419 e. The van der Waals surface area contributed by atoms with E-state index >= 15 is 0 Å². The highest BCUT2D eigenvalue weighted by Gasteiger charge is 1.66. The number of hydrogen-bond acceptors (Lipinski definition) is 1. The summed E-state index contributed by atoms with van der Waals surface area (Å²) in [5.41, 5.74) is 0. The highest BCUT2D eigenvalue weighted by Crippen LogP contribution is 1.69. The summed E-state index contributed by atoms with van der Waals surface area (Å²) in [6, 6.07) is 0. The molecular weight excluding hydrogens is 186 g/mol. The van der Waals surface area contributed by atoms with Gasteiger partial charge in [-0.15, -0.1) is 37.2 Å². The van der Waals surface area contributed by atoms with E-state index in [2.05, 4.69) is 21.8 Å². The molecule has 0 aliphatic carbocycles. The van der Waals surface area contributed by atoms with Crippen LogP contribution in [0.25, 0.3) is 0 Å². The third-order valence-electron chi connectivity index (χ3n) is 0.306. The molecular formula is C3H10Cl3OSi. The fourth-order valence-corrected chi connectivity index (χ4v) is 0.306. The molecule has 0 aromatic rings. The van der Waals surface area contributed by atoms with Gasteiger partial charge >= 0.3 is 0 Å². The molecule has 0 aliphatic heterocycles. The Morgan fingerprint density at radius 2 is 1.62 bits per heavy atom. The third-order valence-corrected chi connectivity index (χ3v) is 0.510. The molecule has 0 fully saturated rings. The van der Waals surface area contributed by atoms with E-state index < -0.39 is 0 Å². The van der Waals surface area contributed by atoms with Gasteiger partial charge in [0.25, 0.3) is 0 Å². The lowest BCUT2D eigenvalue weighted by Crippen LogP contribution is -1.83. The fourth-order valence-electron chi connectivity index (χ4n) is 0.102. The topological polar surface area (TPSA) is 9.23 Å². The second-order valence-corrected chi connectivity index (χ2v) is 1.14. The van der Waals surface area contributed by atoms with Crippen LogP contribution in [0.2, 0.25) is 0 Å². The van der Waals surface area contributed by atoms with Gasteiger partial charge in [-0.2, -0.15) is 0 Å². The van der Waals surface area contributed by atoms with Crippen molar-refractivity contribution < 1.29 is 4.43 Å². The minimum atomic E-state index is 0. The van der Waals surface area contributed by atoms with Gasteiger partial charge in [-0.1, -0.05) is 6.92 Å². The van der Waals surface area contributed by atoms with Crippen molar-refractivity contribution in [2.24, 2.45) is 0 Å². The van der Waals surface area contributed by atoms with E-state index in [1.54, 1.807) is 0 Å². The first-order valence-corrected chi connectivity index (χ1v) is 2.11. The standard InChI is InChI=1S/C3H7OSi.3ClH/c1-2-3-4-5;;;/h2-3H2,1H3;3*1H. The van der Waals surface area contributed by atoms with Crippen LogP contribution >= 0.6 is 37.2 Å². The molecule has 5 heteroatoms. The van der Waals surface area contributed by atoms with Crippen LogP contribution < -0.4 is 0 Å². The van der Waals surface area contributed by atoms with Crippen LogP contribution in [0.5, 0.6) is 0 Å². The second kappa shape index (κ2) is 24.4. The van der Waals surface area contributed by atoms with Gasteiger partial charge < -0.3 is 4.43 Å². The molecule has 0 atom stereocenters. The van der Waals surface area contributed by atoms with E-state index in [0.29, 0.717) is 0 Å². The average Bonchev–Trinajstić information content (AvgIpc) is 1.41. The Balaban J connectivity index is -0.0000000267. The minimum Gasteiger partial charge on any atom is -0.419 e. The first kappa shape index (κ1) is 23.0. The molecule has 0 N–H and O–H groups in total. The van der Waals surface area contributed by atoms with Crippen molar-refractivity contribution in [1.29, 1.82) is 0 Å². The van der Waals surface area contributed by atoms with Crippen LogP contribution in [0.4, 0.5) is 0 Å². The molecule has 0 amide bonds. The molecule has 0 spiro atoms. The van der Waals surface area contributed by atoms with Crippen LogP contribution in [0.1, 0.15) is 13.3 Å². The summed E-state index contributed by atoms with van der Waals surface area (Å²) in [6.07, 6.45) is 1.07. The van der Waals surface area contributed by atoms with Gasteiger partial charge in [-0.25, -0.2) is 0 Å². The van der Waals surface area contributed by atoms with E-state index in [1.165, 1.54) is 0 Å². The number of rotatable bonds is 2. The summed E-state index contributed by atoms with van der Waals surface area (Å²) < 4.78 is 4.50. The van der Waals surface area contributed by atoms with Crippen molar-refractivity contribution in [1.82, 2.24) is 0 Å². The molecule has 0 saturated heterocycles. The van der Waals surface area contributed by atoms with E-state index in [9.17, 15) is 0 Å². The van der Waals surface area contributed by atoms with Crippen LogP contribution in [0, 0.1) is 0 Å². The first-order valence-electron chi connectivity index (χ1n) is 1.70. The van der Waals surface area contributed by atoms with Crippen molar-refractivity contribution >= 4 is 47.7 Å². The SMILES string of the molecule is CCCO[Si].Cl.Cl.Cl. The van der Waals surface area contributed by atoms with Crippen LogP contribution in [0.3, 0.4) is 0 Å². The van der Waals surface area contributed by atoms with Gasteiger partial charge in [0.1, 0.15) is 0 Å². The van der Waals surface area contributed by atoms with Gasteiger partial charge in [0.05, 0.1) is 0 Å². The monoisotopic (exact) mass is 195 g/mol. The maximum absolute atomic E-state index is 4.50. The lowest BCUT2D eigenvalue weighted by molar-refractivity contribution is 0.349. The van der Waals surface area contributed by atoms with E-state index in [1.807, 2.05) is 0 Å². The van der Waals surface area contributed by atoms with Gasteiger partial charge in [-0.05, 0) is 6.42 Å². The van der Waals surface area contributed by atoms with Gasteiger partial charge in [-0.3, -0.25) is 0 Å². The van der Waals surface area contributed by atoms with Crippen LogP contribution in [0.15, 0.2) is 0 Å². The zero-order chi connectivity index (χ0) is 4.12. The maximum atomic E-state index is 4.50. The predicted molar refractivity (Wildman–Crippen MR) is 43.7 cm³/mol. The maximum Gasteiger partial charge on any atom is 0.246 e. The Bertz CT molecular complexity index is 22.0. The Morgan fingerprint density at radius 3 is 1.62 bits per heavy atom. The smallest absolute Gasteiger partial charge is 0.246 e. The summed E-state index contributed by atoms with van der Waals surface area (Å²) in [6.45, 7) is 2.86. The van der Waals surface area contributed by atoms with Crippen LogP contribution in [-0.2, 0) is 4.43 Å². The Kier molecular flexibility index (Phi) is 70.1. The zero-order valence-electron chi connectivity index (χ0n) is 4.55. The highest BCUT2D eigenvalue weighted by molar-refractivity contribution is 5.97. The van der Waals surface area contributed by atoms with Crippen molar-refractivity contribution in [3.05, 3.63) is 0 Å². The van der Waals surface area contributed by atoms with Crippen molar-refractivity contribution in [3.8, 4) is 0 Å². The van der Waals surface area contributed by atoms with Gasteiger partial charge in [0, 0.05) is 6.61 Å². The number of hydrogen-bond donors (Lipinski definition) is 0. The quantitative estimate of drug-likeness (QED) is 0.612. The molecule has 0 aliphatic rings. The lowest BCUT2D eigenvalue weighted by Gasteiger charge is -1.84. The molecule has 0 aromatic carbocycles. The van der Waals surface area contributed by atoms with Crippen molar-refractivity contribution in [2.75, 3.05) is 6.61 Å². The molecule has 0 saturated carbocycles. The van der Waals surface area contributed by atoms with Crippen molar-refractivity contribution in [3.63, 3.8) is 0 Å². The highest BCUT2D eigenvalue weighted by atomic mass is 35.5. The van der Waals surface area contributed by atoms with E-state index in [0.717, 1.165) is 13.0 Å². The van der Waals surface area contributed by atoms with Crippen LogP contribution in [-0.4, -0.2) is 17.1 Å². The molecule has 8 heavy (non-hydrogen) atoms. The molecule has 0 bridgehead atoms. The average molecular weight is 197 g/mol. The summed E-state index contributed by atoms with van der Waals surface area (Å²) >= 11 is 0. The van der Waals surface area contributed by atoms with Gasteiger partial charge in [0.2, 0.25) is 10.5 Å². The molecule has 1 nitrogen and oxygen atoms in total. The minimum absolute atomic E-state index is 0. The molecule has 0 heterocycles. The first-order chi connectivity index (χ1) is 2.41. The van der Waals surface area contributed by atoms with E-state index in [4.69, 9.17) is 0 Å². The molecule has 0 unspecified atom stereocenters. The van der Waals surface area contributed by atoms with Gasteiger partial charge in [0.15, 0.2) is 0 Å². The Labute approximate surface area is 72.3 Å². The lowest BCUT2D eigenvalue weighted by atomic mass is 10.5. The Hall–Kier alpha value is 1.05. The zero-order valence-corrected chi connectivity index (χ0v) is 8.00. The summed E-state index contributed by atoms with van der Waals surface area (Å²) in [5.74, 6) is 0. The number of halogens is 3. The predicted octanol–water partition coefficient (Wildman–Crippen LogP) is 1.76. The molecule has 53 valence electrons.